The van der Waals surface area contributed by atoms with E-state index < -0.39 is 85.8 Å². The number of rotatable bonds is 18. The van der Waals surface area contributed by atoms with Crippen LogP contribution in [0.4, 0.5) is 16.3 Å². The summed E-state index contributed by atoms with van der Waals surface area (Å²) >= 11 is 0. The number of nitrogens with one attached hydrogen (secondary N) is 3. The van der Waals surface area contributed by atoms with Gasteiger partial charge in [0.1, 0.15) is 73.6 Å². The fourth-order valence-electron chi connectivity index (χ4n) is 8.38. The lowest BCUT2D eigenvalue weighted by molar-refractivity contribution is -0.338. The lowest BCUT2D eigenvalue weighted by Gasteiger charge is -2.47. The minimum atomic E-state index is -1.76. The molecule has 3 fully saturated rings. The molecule has 0 aliphatic carbocycles. The van der Waals surface area contributed by atoms with Gasteiger partial charge < -0.3 is 79.3 Å². The molecular formula is C43H59N9O15. The zero-order chi connectivity index (χ0) is 48.4. The molecule has 24 heteroatoms. The van der Waals surface area contributed by atoms with Gasteiger partial charge in [-0.15, -0.1) is 0 Å². The quantitative estimate of drug-likeness (QED) is 0.0728. The third-order valence-corrected chi connectivity index (χ3v) is 12.0. The van der Waals surface area contributed by atoms with Crippen LogP contribution in [0.5, 0.6) is 5.75 Å². The number of amides is 4. The van der Waals surface area contributed by atoms with E-state index in [4.69, 9.17) is 38.4 Å². The number of fused-ring (bicyclic) bond motifs is 1. The topological polar surface area (TPSA) is 311 Å². The number of piperidine rings is 1. The second-order valence-corrected chi connectivity index (χ2v) is 16.3. The molecule has 12 atom stereocenters. The van der Waals surface area contributed by atoms with E-state index in [9.17, 15) is 39.6 Å². The van der Waals surface area contributed by atoms with Crippen molar-refractivity contribution < 1.29 is 72.8 Å². The average Bonchev–Trinajstić information content (AvgIpc) is 3.76. The number of ether oxygens (including phenoxy) is 7. The van der Waals surface area contributed by atoms with Crippen LogP contribution < -0.4 is 25.6 Å². The largest absolute Gasteiger partial charge is 0.491 e. The first-order valence-corrected chi connectivity index (χ1v) is 21.7. The second kappa shape index (κ2) is 23.4. The van der Waals surface area contributed by atoms with Crippen molar-refractivity contribution in [2.24, 2.45) is 5.92 Å². The van der Waals surface area contributed by atoms with Crippen LogP contribution in [0.2, 0.25) is 0 Å². The lowest BCUT2D eigenvalue weighted by Crippen LogP contribution is -2.68. The zero-order valence-electron chi connectivity index (χ0n) is 37.8. The maximum Gasteiger partial charge on any atom is 0.331 e. The van der Waals surface area contributed by atoms with Crippen LogP contribution in [0.1, 0.15) is 26.7 Å². The van der Waals surface area contributed by atoms with Gasteiger partial charge in [-0.1, -0.05) is 6.92 Å². The molecule has 7 unspecified atom stereocenters. The maximum atomic E-state index is 13.4. The maximum absolute atomic E-state index is 13.4. The van der Waals surface area contributed by atoms with E-state index >= 15 is 0 Å². The van der Waals surface area contributed by atoms with E-state index in [0.717, 1.165) is 6.42 Å². The monoisotopic (exact) mass is 941 g/mol. The number of hydrogen-bond acceptors (Lipinski definition) is 19. The van der Waals surface area contributed by atoms with E-state index in [1.54, 1.807) is 41.4 Å². The summed E-state index contributed by atoms with van der Waals surface area (Å²) in [5.41, 5.74) is 0.901. The fraction of sp³-hybridized carbons (Fsp3) is 0.605. The Morgan fingerprint density at radius 1 is 0.970 bits per heavy atom. The van der Waals surface area contributed by atoms with E-state index in [-0.39, 0.29) is 50.7 Å². The van der Waals surface area contributed by atoms with Crippen molar-refractivity contribution in [1.29, 1.82) is 5.26 Å². The Labute approximate surface area is 386 Å². The molecule has 0 saturated carbocycles. The Morgan fingerprint density at radius 2 is 1.73 bits per heavy atom. The summed E-state index contributed by atoms with van der Waals surface area (Å²) in [6.07, 6.45) is -9.68. The minimum Gasteiger partial charge on any atom is -0.491 e. The molecule has 6 rings (SSSR count). The number of likely N-dealkylation sites (N-methyl/N-ethyl adjacent to an activating group) is 1. The Kier molecular flexibility index (Phi) is 17.8. The standard InChI is InChI=1S/C43H59N9O15/c1-23-11-15-51(30(55)10-13-44)20-28(23)50(3)38-27-12-16-52(39(27)47-22-46-38)43(60)49-25-6-8-26(9-7-25)64-19-18-63-17-14-45-40(59)37-36(61-4)33(57)34(58)42(67-37)66-35-31(48-24(2)54)41(62-5)65-29(21-53)32(35)56/h6-9,12,16,22-23,28-29,31-37,41-42,53,56-58H,10-11,14-15,17-21H2,1-5H3,(H,45,59)(H,48,54)(H,49,60)/t23-,28?,29?,31?,32-,33?,34?,35?,36+,37?,41-,42-/m1/s1. The van der Waals surface area contributed by atoms with Gasteiger partial charge in [0.25, 0.3) is 5.91 Å². The van der Waals surface area contributed by atoms with Crippen molar-refractivity contribution in [3.63, 3.8) is 0 Å². The van der Waals surface area contributed by atoms with Gasteiger partial charge in [-0.25, -0.2) is 14.8 Å². The van der Waals surface area contributed by atoms with Crippen LogP contribution in [0.15, 0.2) is 42.9 Å². The molecule has 3 aliphatic rings. The molecule has 3 aromatic rings. The Balaban J connectivity index is 0.950. The van der Waals surface area contributed by atoms with Crippen molar-refractivity contribution >= 4 is 46.3 Å². The number of nitriles is 1. The van der Waals surface area contributed by atoms with Gasteiger partial charge in [-0.05, 0) is 42.7 Å². The van der Waals surface area contributed by atoms with Gasteiger partial charge in [0, 0.05) is 59.7 Å². The second-order valence-electron chi connectivity index (χ2n) is 16.3. The number of hydrogen-bond donors (Lipinski definition) is 7. The molecule has 4 amide bonds. The molecule has 7 N–H and O–H groups in total. The van der Waals surface area contributed by atoms with Gasteiger partial charge in [0.2, 0.25) is 11.8 Å². The predicted octanol–water partition coefficient (Wildman–Crippen LogP) is -1.31. The van der Waals surface area contributed by atoms with Crippen molar-refractivity contribution in [3.05, 3.63) is 42.9 Å². The predicted molar refractivity (Wildman–Crippen MR) is 233 cm³/mol. The summed E-state index contributed by atoms with van der Waals surface area (Å²) in [7, 11) is 4.40. The van der Waals surface area contributed by atoms with E-state index in [0.29, 0.717) is 41.4 Å². The Bertz CT molecular complexity index is 2190. The summed E-state index contributed by atoms with van der Waals surface area (Å²) in [6, 6.07) is 8.75. The number of methoxy groups -OCH3 is 2. The number of carbonyl (C=O) groups excluding carboxylic acids is 4. The highest BCUT2D eigenvalue weighted by molar-refractivity contribution is 6.00. The number of nitrogens with zero attached hydrogens (tertiary/aromatic N) is 6. The first-order chi connectivity index (χ1) is 32.2. The number of anilines is 2. The number of aliphatic hydroxyl groups excluding tert-OH is 4. The lowest BCUT2D eigenvalue weighted by atomic mass is 9.92. The van der Waals surface area contributed by atoms with Crippen molar-refractivity contribution in [3.8, 4) is 11.8 Å². The first-order valence-electron chi connectivity index (χ1n) is 21.7. The molecule has 67 heavy (non-hydrogen) atoms. The van der Waals surface area contributed by atoms with Crippen LogP contribution in [0.3, 0.4) is 0 Å². The van der Waals surface area contributed by atoms with Gasteiger partial charge >= 0.3 is 6.03 Å². The van der Waals surface area contributed by atoms with Crippen molar-refractivity contribution in [2.75, 3.05) is 77.5 Å². The highest BCUT2D eigenvalue weighted by Crippen LogP contribution is 2.32. The summed E-state index contributed by atoms with van der Waals surface area (Å²) in [5, 5.41) is 60.2. The highest BCUT2D eigenvalue weighted by Gasteiger charge is 2.53. The van der Waals surface area contributed by atoms with Gasteiger partial charge in [-0.3, -0.25) is 19.0 Å². The number of aliphatic hydroxyl groups is 4. The van der Waals surface area contributed by atoms with Crippen LogP contribution in [-0.4, -0.2) is 198 Å². The molecule has 3 aliphatic heterocycles. The Hall–Kier alpha value is -5.59. The summed E-state index contributed by atoms with van der Waals surface area (Å²) in [5.74, 6) is -0.0892. The van der Waals surface area contributed by atoms with E-state index in [1.165, 1.54) is 32.0 Å². The van der Waals surface area contributed by atoms with Gasteiger partial charge in [0.05, 0.1) is 37.3 Å². The Morgan fingerprint density at radius 3 is 2.42 bits per heavy atom. The molecule has 0 bridgehead atoms. The molecular weight excluding hydrogens is 883 g/mol. The molecule has 2 aromatic heterocycles. The highest BCUT2D eigenvalue weighted by atomic mass is 16.7. The molecule has 0 spiro atoms. The average molecular weight is 942 g/mol. The first kappa shape index (κ1) is 50.8. The van der Waals surface area contributed by atoms with Crippen LogP contribution in [-0.2, 0) is 42.8 Å². The molecule has 1 aromatic carbocycles. The summed E-state index contributed by atoms with van der Waals surface area (Å²) < 4.78 is 40.6. The molecule has 366 valence electrons. The summed E-state index contributed by atoms with van der Waals surface area (Å²) in [6.45, 7) is 4.10. The molecule has 3 saturated heterocycles. The molecule has 24 nitrogen and oxygen atoms in total. The fourth-order valence-corrected chi connectivity index (χ4v) is 8.38. The van der Waals surface area contributed by atoms with Crippen molar-refractivity contribution in [1.82, 2.24) is 30.1 Å². The zero-order valence-corrected chi connectivity index (χ0v) is 37.8. The van der Waals surface area contributed by atoms with Gasteiger partial charge in [0.15, 0.2) is 24.3 Å². The number of likely N-dealkylation sites (tertiary alicyclic amines) is 1. The van der Waals surface area contributed by atoms with Gasteiger partial charge in [-0.2, -0.15) is 5.26 Å². The molecule has 0 radical (unpaired) electrons. The minimum absolute atomic E-state index is 0.0102. The smallest absolute Gasteiger partial charge is 0.331 e. The number of carbonyl (C=O) groups is 4. The molecule has 5 heterocycles. The summed E-state index contributed by atoms with van der Waals surface area (Å²) in [4.78, 5) is 63.8. The van der Waals surface area contributed by atoms with Crippen molar-refractivity contribution in [2.45, 2.75) is 94.1 Å². The number of benzene rings is 1. The van der Waals surface area contributed by atoms with Crippen LogP contribution >= 0.6 is 0 Å². The van der Waals surface area contributed by atoms with Crippen LogP contribution in [0.25, 0.3) is 11.0 Å². The normalized spacial score (nSPS) is 28.6. The third-order valence-electron chi connectivity index (χ3n) is 12.0. The van der Waals surface area contributed by atoms with Crippen LogP contribution in [0, 0.1) is 17.2 Å². The number of aromatic nitrogens is 3. The third kappa shape index (κ3) is 11.9. The van der Waals surface area contributed by atoms with E-state index in [1.807, 2.05) is 18.0 Å². The SMILES string of the molecule is CO[C@@H]1OC(CO)[C@@H](O)C(O[C@@H]2OC(C(=O)NCCOCCOc3ccc(NC(=O)n4ccc5c(N(C)C6CN(C(=O)CC#N)CC[C@H]6C)ncnc54)cc3)[C@@H](OC)C(O)C2O)C1NC(C)=O. The van der Waals surface area contributed by atoms with E-state index in [2.05, 4.69) is 32.8 Å².